The molecule has 0 fully saturated rings. The third kappa shape index (κ3) is 1.25. The smallest absolute Gasteiger partial charge is 0.338 e. The molecular formula is C10H7FO3. The van der Waals surface area contributed by atoms with Crippen molar-refractivity contribution >= 4 is 16.9 Å². The Labute approximate surface area is 78.8 Å². The Morgan fingerprint density at radius 3 is 2.79 bits per heavy atom. The summed E-state index contributed by atoms with van der Waals surface area (Å²) in [5.74, 6) is -1.43. The Kier molecular flexibility index (Phi) is 1.77. The average molecular weight is 194 g/mol. The number of benzene rings is 1. The number of carbonyl (C=O) groups is 1. The van der Waals surface area contributed by atoms with Crippen LogP contribution in [0.3, 0.4) is 0 Å². The fraction of sp³-hybridized carbons (Fsp3) is 0.100. The second-order valence-electron chi connectivity index (χ2n) is 3.03. The number of carboxylic acid groups (broad SMARTS) is 1. The lowest BCUT2D eigenvalue weighted by atomic mass is 10.1. The van der Waals surface area contributed by atoms with Gasteiger partial charge in [-0.1, -0.05) is 0 Å². The summed E-state index contributed by atoms with van der Waals surface area (Å²) in [6, 6.07) is 4.02. The zero-order valence-corrected chi connectivity index (χ0v) is 7.37. The Hall–Kier alpha value is -1.84. The highest BCUT2D eigenvalue weighted by Crippen LogP contribution is 2.22. The fourth-order valence-electron chi connectivity index (χ4n) is 1.36. The maximum atomic E-state index is 13.1. The molecule has 2 rings (SSSR count). The summed E-state index contributed by atoms with van der Waals surface area (Å²) in [4.78, 5) is 10.6. The molecule has 1 aromatic heterocycles. The van der Waals surface area contributed by atoms with E-state index in [1.807, 2.05) is 0 Å². The lowest BCUT2D eigenvalue weighted by molar-refractivity contribution is 0.0692. The molecule has 0 amide bonds. The molecule has 0 saturated heterocycles. The van der Waals surface area contributed by atoms with Crippen LogP contribution < -0.4 is 0 Å². The molecule has 0 atom stereocenters. The van der Waals surface area contributed by atoms with Crippen LogP contribution in [0.25, 0.3) is 11.0 Å². The Morgan fingerprint density at radius 1 is 1.43 bits per heavy atom. The summed E-state index contributed by atoms with van der Waals surface area (Å²) in [5.41, 5.74) is 0.0308. The number of aromatic carboxylic acids is 1. The third-order valence-corrected chi connectivity index (χ3v) is 1.96. The highest BCUT2D eigenvalue weighted by atomic mass is 19.1. The molecule has 0 aliphatic carbocycles. The van der Waals surface area contributed by atoms with Crippen LogP contribution in [-0.2, 0) is 0 Å². The van der Waals surface area contributed by atoms with Crippen molar-refractivity contribution in [2.45, 2.75) is 6.92 Å². The van der Waals surface area contributed by atoms with Crippen molar-refractivity contribution in [1.29, 1.82) is 0 Å². The first-order valence-corrected chi connectivity index (χ1v) is 4.01. The van der Waals surface area contributed by atoms with Crippen LogP contribution in [-0.4, -0.2) is 11.1 Å². The molecule has 0 aliphatic heterocycles. The molecule has 3 nitrogen and oxygen atoms in total. The maximum absolute atomic E-state index is 13.1. The molecule has 0 unspecified atom stereocenters. The Morgan fingerprint density at radius 2 is 2.14 bits per heavy atom. The summed E-state index contributed by atoms with van der Waals surface area (Å²) in [5, 5.41) is 9.26. The molecule has 72 valence electrons. The normalized spacial score (nSPS) is 10.7. The van der Waals surface area contributed by atoms with Gasteiger partial charge in [0.1, 0.15) is 17.2 Å². The van der Waals surface area contributed by atoms with Crippen molar-refractivity contribution in [2.75, 3.05) is 0 Å². The van der Waals surface area contributed by atoms with Gasteiger partial charge in [0.2, 0.25) is 0 Å². The van der Waals surface area contributed by atoms with E-state index in [9.17, 15) is 9.18 Å². The van der Waals surface area contributed by atoms with Crippen molar-refractivity contribution in [3.63, 3.8) is 0 Å². The first kappa shape index (κ1) is 8.74. The zero-order valence-electron chi connectivity index (χ0n) is 7.37. The van der Waals surface area contributed by atoms with Gasteiger partial charge < -0.3 is 9.52 Å². The predicted octanol–water partition coefficient (Wildman–Crippen LogP) is 2.58. The predicted molar refractivity (Wildman–Crippen MR) is 47.9 cm³/mol. The number of halogens is 1. The van der Waals surface area contributed by atoms with E-state index in [4.69, 9.17) is 9.52 Å². The van der Waals surface area contributed by atoms with Gasteiger partial charge >= 0.3 is 5.97 Å². The van der Waals surface area contributed by atoms with Crippen molar-refractivity contribution in [1.82, 2.24) is 0 Å². The topological polar surface area (TPSA) is 50.4 Å². The molecule has 2 aromatic rings. The summed E-state index contributed by atoms with van der Waals surface area (Å²) >= 11 is 0. The van der Waals surface area contributed by atoms with Gasteiger partial charge in [0.05, 0.1) is 5.56 Å². The highest BCUT2D eigenvalue weighted by molar-refractivity contribution is 5.93. The van der Waals surface area contributed by atoms with Gasteiger partial charge in [-0.3, -0.25) is 0 Å². The first-order valence-electron chi connectivity index (χ1n) is 4.01. The van der Waals surface area contributed by atoms with Crippen molar-refractivity contribution in [3.8, 4) is 0 Å². The number of fused-ring (bicyclic) bond motifs is 1. The number of hydrogen-bond acceptors (Lipinski definition) is 2. The van der Waals surface area contributed by atoms with Crippen LogP contribution in [0.2, 0.25) is 0 Å². The molecule has 1 heterocycles. The lowest BCUT2D eigenvalue weighted by Crippen LogP contribution is -1.99. The van der Waals surface area contributed by atoms with E-state index in [-0.39, 0.29) is 5.56 Å². The zero-order chi connectivity index (χ0) is 10.3. The number of rotatable bonds is 1. The van der Waals surface area contributed by atoms with Crippen molar-refractivity contribution in [2.24, 2.45) is 0 Å². The van der Waals surface area contributed by atoms with E-state index < -0.39 is 11.8 Å². The molecule has 0 saturated carbocycles. The second kappa shape index (κ2) is 2.83. The Bertz CT molecular complexity index is 513. The van der Waals surface area contributed by atoms with Crippen LogP contribution in [0.4, 0.5) is 4.39 Å². The summed E-state index contributed by atoms with van der Waals surface area (Å²) < 4.78 is 18.3. The first-order chi connectivity index (χ1) is 6.58. The number of carboxylic acids is 1. The molecule has 0 bridgehead atoms. The minimum atomic E-state index is -1.27. The van der Waals surface area contributed by atoms with Crippen LogP contribution in [0.15, 0.2) is 22.6 Å². The summed E-state index contributed by atoms with van der Waals surface area (Å²) in [7, 11) is 0. The van der Waals surface area contributed by atoms with Crippen LogP contribution in [0.5, 0.6) is 0 Å². The van der Waals surface area contributed by atoms with E-state index in [1.54, 1.807) is 13.0 Å². The third-order valence-electron chi connectivity index (χ3n) is 1.96. The quantitative estimate of drug-likeness (QED) is 0.758. The monoisotopic (exact) mass is 194 g/mol. The average Bonchev–Trinajstić information content (AvgIpc) is 2.42. The SMILES string of the molecule is Cc1cc2cc(C(=O)O)c(F)cc2o1. The number of hydrogen-bond donors (Lipinski definition) is 1. The van der Waals surface area contributed by atoms with Gasteiger partial charge in [-0.2, -0.15) is 0 Å². The van der Waals surface area contributed by atoms with Crippen LogP contribution in [0, 0.1) is 12.7 Å². The van der Waals surface area contributed by atoms with Crippen molar-refractivity contribution in [3.05, 3.63) is 35.3 Å². The molecule has 0 aliphatic rings. The van der Waals surface area contributed by atoms with E-state index >= 15 is 0 Å². The molecule has 0 radical (unpaired) electrons. The molecule has 0 spiro atoms. The minimum absolute atomic E-state index is 0.335. The maximum Gasteiger partial charge on any atom is 0.338 e. The number of aryl methyl sites for hydroxylation is 1. The van der Waals surface area contributed by atoms with Gasteiger partial charge in [-0.25, -0.2) is 9.18 Å². The second-order valence-corrected chi connectivity index (χ2v) is 3.03. The van der Waals surface area contributed by atoms with E-state index in [0.717, 1.165) is 6.07 Å². The van der Waals surface area contributed by atoms with Gasteiger partial charge in [-0.15, -0.1) is 0 Å². The molecule has 4 heteroatoms. The molecule has 1 N–H and O–H groups in total. The standard InChI is InChI=1S/C10H7FO3/c1-5-2-6-3-7(10(12)13)8(11)4-9(6)14-5/h2-4H,1H3,(H,12,13). The highest BCUT2D eigenvalue weighted by Gasteiger charge is 2.13. The fourth-order valence-corrected chi connectivity index (χ4v) is 1.36. The van der Waals surface area contributed by atoms with Crippen LogP contribution >= 0.6 is 0 Å². The number of furan rings is 1. The molecular weight excluding hydrogens is 187 g/mol. The van der Waals surface area contributed by atoms with Gasteiger partial charge in [0.25, 0.3) is 0 Å². The lowest BCUT2D eigenvalue weighted by Gasteiger charge is -1.96. The van der Waals surface area contributed by atoms with Gasteiger partial charge in [-0.05, 0) is 19.1 Å². The summed E-state index contributed by atoms with van der Waals surface area (Å²) in [6.07, 6.45) is 0. The Balaban J connectivity index is 2.76. The minimum Gasteiger partial charge on any atom is -0.478 e. The molecule has 1 aromatic carbocycles. The van der Waals surface area contributed by atoms with Crippen LogP contribution in [0.1, 0.15) is 16.1 Å². The van der Waals surface area contributed by atoms with Gasteiger partial charge in [0.15, 0.2) is 0 Å². The van der Waals surface area contributed by atoms with E-state index in [0.29, 0.717) is 16.7 Å². The van der Waals surface area contributed by atoms with E-state index in [1.165, 1.54) is 6.07 Å². The largest absolute Gasteiger partial charge is 0.478 e. The molecule has 14 heavy (non-hydrogen) atoms. The summed E-state index contributed by atoms with van der Waals surface area (Å²) in [6.45, 7) is 1.72. The van der Waals surface area contributed by atoms with E-state index in [2.05, 4.69) is 0 Å². The van der Waals surface area contributed by atoms with Crippen molar-refractivity contribution < 1.29 is 18.7 Å². The van der Waals surface area contributed by atoms with Gasteiger partial charge in [0, 0.05) is 11.5 Å².